The highest BCUT2D eigenvalue weighted by molar-refractivity contribution is 5.76. The molecule has 0 saturated heterocycles. The summed E-state index contributed by atoms with van der Waals surface area (Å²) >= 11 is 0. The SMILES string of the molecule is Cc1nc2ncnn2c(C)c1CCC(=O)N(CCN(C)C)Cc1ccccc1. The highest BCUT2D eigenvalue weighted by atomic mass is 16.2. The minimum absolute atomic E-state index is 0.156. The Hall–Kier alpha value is -2.80. The predicted molar refractivity (Wildman–Crippen MR) is 109 cm³/mol. The molecule has 0 aliphatic heterocycles. The van der Waals surface area contributed by atoms with E-state index in [1.165, 1.54) is 6.33 Å². The predicted octanol–water partition coefficient (Wildman–Crippen LogP) is 2.26. The Kier molecular flexibility index (Phi) is 6.36. The maximum atomic E-state index is 13.0. The van der Waals surface area contributed by atoms with E-state index in [0.717, 1.165) is 29.1 Å². The molecule has 148 valence electrons. The molecule has 0 fully saturated rings. The number of nitrogens with zero attached hydrogens (tertiary/aromatic N) is 6. The molecule has 1 amide bonds. The van der Waals surface area contributed by atoms with Crippen LogP contribution in [0.4, 0.5) is 0 Å². The molecule has 0 radical (unpaired) electrons. The van der Waals surface area contributed by atoms with Crippen LogP contribution in [0.2, 0.25) is 0 Å². The Morgan fingerprint density at radius 2 is 1.86 bits per heavy atom. The van der Waals surface area contributed by atoms with Gasteiger partial charge in [0.25, 0.3) is 5.78 Å². The average Bonchev–Trinajstić information content (AvgIpc) is 3.14. The van der Waals surface area contributed by atoms with Crippen molar-refractivity contribution < 1.29 is 4.79 Å². The Bertz CT molecular complexity index is 935. The second-order valence-corrected chi connectivity index (χ2v) is 7.34. The van der Waals surface area contributed by atoms with Gasteiger partial charge in [-0.3, -0.25) is 4.79 Å². The van der Waals surface area contributed by atoms with Crippen LogP contribution < -0.4 is 0 Å². The summed E-state index contributed by atoms with van der Waals surface area (Å²) < 4.78 is 1.74. The van der Waals surface area contributed by atoms with Crippen molar-refractivity contribution in [2.24, 2.45) is 0 Å². The standard InChI is InChI=1S/C21H28N6O/c1-16-19(17(2)27-21(24-16)22-15-23-27)10-11-20(28)26(13-12-25(3)4)14-18-8-6-5-7-9-18/h5-9,15H,10-14H2,1-4H3. The fraction of sp³-hybridized carbons (Fsp3) is 0.429. The van der Waals surface area contributed by atoms with E-state index < -0.39 is 0 Å². The molecule has 3 rings (SSSR count). The summed E-state index contributed by atoms with van der Waals surface area (Å²) in [5.74, 6) is 0.755. The van der Waals surface area contributed by atoms with Gasteiger partial charge in [0, 0.05) is 37.4 Å². The number of carbonyl (C=O) groups is 1. The molecular formula is C21H28N6O. The zero-order valence-corrected chi connectivity index (χ0v) is 17.1. The van der Waals surface area contributed by atoms with Crippen molar-refractivity contribution in [3.8, 4) is 0 Å². The van der Waals surface area contributed by atoms with Crippen LogP contribution in [0.15, 0.2) is 36.7 Å². The van der Waals surface area contributed by atoms with Crippen molar-refractivity contribution in [3.05, 3.63) is 59.2 Å². The van der Waals surface area contributed by atoms with Gasteiger partial charge in [-0.25, -0.2) is 9.50 Å². The summed E-state index contributed by atoms with van der Waals surface area (Å²) in [6.07, 6.45) is 2.60. The first-order chi connectivity index (χ1) is 13.5. The third-order valence-corrected chi connectivity index (χ3v) is 4.96. The van der Waals surface area contributed by atoms with Crippen LogP contribution in [0.3, 0.4) is 0 Å². The summed E-state index contributed by atoms with van der Waals surface area (Å²) in [6, 6.07) is 10.1. The van der Waals surface area contributed by atoms with Crippen molar-refractivity contribution in [1.82, 2.24) is 29.4 Å². The van der Waals surface area contributed by atoms with Crippen LogP contribution in [-0.4, -0.2) is 62.5 Å². The minimum atomic E-state index is 0.156. The molecule has 7 heteroatoms. The number of hydrogen-bond acceptors (Lipinski definition) is 5. The first-order valence-electron chi connectivity index (χ1n) is 9.58. The molecule has 1 aromatic carbocycles. The van der Waals surface area contributed by atoms with Crippen LogP contribution in [0, 0.1) is 13.8 Å². The third-order valence-electron chi connectivity index (χ3n) is 4.96. The van der Waals surface area contributed by atoms with E-state index in [2.05, 4.69) is 32.1 Å². The molecule has 0 aliphatic rings. The Labute approximate surface area is 166 Å². The van der Waals surface area contributed by atoms with Crippen molar-refractivity contribution >= 4 is 11.7 Å². The molecule has 3 aromatic rings. The topological polar surface area (TPSA) is 66.6 Å². The van der Waals surface area contributed by atoms with Crippen molar-refractivity contribution in [1.29, 1.82) is 0 Å². The van der Waals surface area contributed by atoms with Gasteiger partial charge in [-0.2, -0.15) is 10.1 Å². The van der Waals surface area contributed by atoms with E-state index in [0.29, 0.717) is 31.7 Å². The lowest BCUT2D eigenvalue weighted by atomic mass is 10.1. The summed E-state index contributed by atoms with van der Waals surface area (Å²) in [4.78, 5) is 25.7. The first-order valence-corrected chi connectivity index (χ1v) is 9.58. The number of carbonyl (C=O) groups excluding carboxylic acids is 1. The number of fused-ring (bicyclic) bond motifs is 1. The molecular weight excluding hydrogens is 352 g/mol. The van der Waals surface area contributed by atoms with Crippen LogP contribution in [0.5, 0.6) is 0 Å². The second kappa shape index (κ2) is 8.93. The van der Waals surface area contributed by atoms with Gasteiger partial charge < -0.3 is 9.80 Å². The van der Waals surface area contributed by atoms with Gasteiger partial charge in [0.15, 0.2) is 0 Å². The van der Waals surface area contributed by atoms with Gasteiger partial charge in [0.1, 0.15) is 6.33 Å². The van der Waals surface area contributed by atoms with Crippen molar-refractivity contribution in [2.75, 3.05) is 27.2 Å². The van der Waals surface area contributed by atoms with E-state index in [4.69, 9.17) is 0 Å². The smallest absolute Gasteiger partial charge is 0.252 e. The Morgan fingerprint density at radius 1 is 1.11 bits per heavy atom. The summed E-state index contributed by atoms with van der Waals surface area (Å²) in [6.45, 7) is 6.15. The summed E-state index contributed by atoms with van der Waals surface area (Å²) in [5.41, 5.74) is 4.12. The minimum Gasteiger partial charge on any atom is -0.337 e. The number of hydrogen-bond donors (Lipinski definition) is 0. The Morgan fingerprint density at radius 3 is 2.57 bits per heavy atom. The maximum absolute atomic E-state index is 13.0. The zero-order chi connectivity index (χ0) is 20.1. The lowest BCUT2D eigenvalue weighted by Crippen LogP contribution is -2.36. The molecule has 0 atom stereocenters. The van der Waals surface area contributed by atoms with Crippen LogP contribution in [-0.2, 0) is 17.8 Å². The average molecular weight is 380 g/mol. The van der Waals surface area contributed by atoms with E-state index in [1.54, 1.807) is 4.52 Å². The molecule has 28 heavy (non-hydrogen) atoms. The van der Waals surface area contributed by atoms with E-state index in [1.807, 2.05) is 51.0 Å². The third kappa shape index (κ3) is 4.72. The molecule has 2 aromatic heterocycles. The maximum Gasteiger partial charge on any atom is 0.252 e. The number of likely N-dealkylation sites (N-methyl/N-ethyl adjacent to an activating group) is 1. The van der Waals surface area contributed by atoms with Crippen LogP contribution in [0.1, 0.15) is 28.9 Å². The van der Waals surface area contributed by atoms with Crippen molar-refractivity contribution in [3.63, 3.8) is 0 Å². The molecule has 0 unspecified atom stereocenters. The van der Waals surface area contributed by atoms with Gasteiger partial charge >= 0.3 is 0 Å². The van der Waals surface area contributed by atoms with E-state index >= 15 is 0 Å². The summed E-state index contributed by atoms with van der Waals surface area (Å²) in [7, 11) is 4.05. The van der Waals surface area contributed by atoms with Gasteiger partial charge in [-0.15, -0.1) is 0 Å². The molecule has 0 N–H and O–H groups in total. The fourth-order valence-corrected chi connectivity index (χ4v) is 3.32. The number of aryl methyl sites for hydroxylation is 2. The largest absolute Gasteiger partial charge is 0.337 e. The highest BCUT2D eigenvalue weighted by Crippen LogP contribution is 2.16. The van der Waals surface area contributed by atoms with Gasteiger partial charge in [-0.05, 0) is 45.5 Å². The molecule has 0 bridgehead atoms. The van der Waals surface area contributed by atoms with Gasteiger partial charge in [0.05, 0.1) is 0 Å². The van der Waals surface area contributed by atoms with Crippen molar-refractivity contribution in [2.45, 2.75) is 33.2 Å². The van der Waals surface area contributed by atoms with Crippen LogP contribution >= 0.6 is 0 Å². The molecule has 2 heterocycles. The monoisotopic (exact) mass is 380 g/mol. The lowest BCUT2D eigenvalue weighted by molar-refractivity contribution is -0.131. The van der Waals surface area contributed by atoms with Gasteiger partial charge in [0.2, 0.25) is 5.91 Å². The quantitative estimate of drug-likeness (QED) is 0.600. The lowest BCUT2D eigenvalue weighted by Gasteiger charge is -2.25. The molecule has 0 spiro atoms. The second-order valence-electron chi connectivity index (χ2n) is 7.34. The Balaban J connectivity index is 1.72. The molecule has 0 aliphatic carbocycles. The fourth-order valence-electron chi connectivity index (χ4n) is 3.32. The van der Waals surface area contributed by atoms with E-state index in [-0.39, 0.29) is 5.91 Å². The normalized spacial score (nSPS) is 11.3. The zero-order valence-electron chi connectivity index (χ0n) is 17.1. The summed E-state index contributed by atoms with van der Waals surface area (Å²) in [5, 5.41) is 4.23. The number of rotatable bonds is 8. The number of amides is 1. The molecule has 7 nitrogen and oxygen atoms in total. The van der Waals surface area contributed by atoms with E-state index in [9.17, 15) is 4.79 Å². The number of benzene rings is 1. The first kappa shape index (κ1) is 19.9. The number of aromatic nitrogens is 4. The van der Waals surface area contributed by atoms with Gasteiger partial charge in [-0.1, -0.05) is 30.3 Å². The molecule has 0 saturated carbocycles. The highest BCUT2D eigenvalue weighted by Gasteiger charge is 2.17. The van der Waals surface area contributed by atoms with Crippen LogP contribution in [0.25, 0.3) is 5.78 Å².